The molecule has 3 heterocycles. The molecule has 0 fully saturated rings. The molecule has 0 saturated heterocycles. The Morgan fingerprint density at radius 1 is 1.55 bits per heavy atom. The molecule has 0 radical (unpaired) electrons. The summed E-state index contributed by atoms with van der Waals surface area (Å²) in [6, 6.07) is 2.59. The summed E-state index contributed by atoms with van der Waals surface area (Å²) in [5.41, 5.74) is 0.561. The lowest BCUT2D eigenvalue weighted by Crippen LogP contribution is -2.21. The molecule has 0 saturated carbocycles. The molecule has 8 heteroatoms. The number of hydrogen-bond donors (Lipinski definition) is 1. The van der Waals surface area contributed by atoms with Gasteiger partial charge in [0.1, 0.15) is 16.5 Å². The molecule has 1 N–H and O–H groups in total. The third-order valence-electron chi connectivity index (χ3n) is 2.74. The van der Waals surface area contributed by atoms with Crippen molar-refractivity contribution < 1.29 is 14.3 Å². The summed E-state index contributed by atoms with van der Waals surface area (Å²) in [5.74, 6) is -0.402. The maximum Gasteiger partial charge on any atom is 0.329 e. The summed E-state index contributed by atoms with van der Waals surface area (Å²) < 4.78 is 6.50. The first kappa shape index (κ1) is 12.5. The molecule has 0 unspecified atom stereocenters. The number of furan rings is 1. The summed E-state index contributed by atoms with van der Waals surface area (Å²) in [5, 5.41) is 19.7. The van der Waals surface area contributed by atoms with E-state index in [1.165, 1.54) is 22.3 Å². The van der Waals surface area contributed by atoms with Crippen LogP contribution in [0, 0.1) is 0 Å². The second-order valence-electron chi connectivity index (χ2n) is 4.06. The molecule has 0 aliphatic carbocycles. The zero-order valence-corrected chi connectivity index (χ0v) is 11.0. The minimum absolute atomic E-state index is 0.211. The molecule has 0 aliphatic rings. The largest absolute Gasteiger partial charge is 0.480 e. The fraction of sp³-hybridized carbons (Fsp3) is 0.167. The van der Waals surface area contributed by atoms with E-state index >= 15 is 0 Å². The van der Waals surface area contributed by atoms with Crippen molar-refractivity contribution in [1.29, 1.82) is 0 Å². The Morgan fingerprint density at radius 2 is 2.45 bits per heavy atom. The highest BCUT2D eigenvalue weighted by Crippen LogP contribution is 2.21. The number of hydrogen-bond acceptors (Lipinski definition) is 6. The smallest absolute Gasteiger partial charge is 0.329 e. The van der Waals surface area contributed by atoms with Crippen LogP contribution in [0.25, 0.3) is 10.7 Å². The predicted octanol–water partition coefficient (Wildman–Crippen LogP) is 1.86. The second-order valence-corrected chi connectivity index (χ2v) is 4.95. The van der Waals surface area contributed by atoms with Crippen LogP contribution in [0.1, 0.15) is 11.8 Å². The molecule has 0 spiro atoms. The van der Waals surface area contributed by atoms with Crippen LogP contribution < -0.4 is 0 Å². The second kappa shape index (κ2) is 5.25. The zero-order valence-electron chi connectivity index (χ0n) is 10.2. The van der Waals surface area contributed by atoms with Crippen LogP contribution in [0.3, 0.4) is 0 Å². The van der Waals surface area contributed by atoms with Gasteiger partial charge >= 0.3 is 5.97 Å². The Morgan fingerprint density at radius 3 is 3.10 bits per heavy atom. The van der Waals surface area contributed by atoms with Crippen LogP contribution in [0.15, 0.2) is 40.6 Å². The number of carboxylic acids is 1. The van der Waals surface area contributed by atoms with E-state index in [0.29, 0.717) is 16.5 Å². The van der Waals surface area contributed by atoms with Gasteiger partial charge in [-0.1, -0.05) is 5.21 Å². The Balaban J connectivity index is 1.86. The minimum Gasteiger partial charge on any atom is -0.480 e. The van der Waals surface area contributed by atoms with Crippen LogP contribution in [-0.2, 0) is 11.2 Å². The van der Waals surface area contributed by atoms with Gasteiger partial charge in [-0.25, -0.2) is 14.5 Å². The number of rotatable bonds is 5. The monoisotopic (exact) mass is 290 g/mol. The fourth-order valence-corrected chi connectivity index (χ4v) is 2.38. The Labute approximate surface area is 117 Å². The van der Waals surface area contributed by atoms with E-state index in [0.717, 1.165) is 0 Å². The van der Waals surface area contributed by atoms with Gasteiger partial charge in [-0.2, -0.15) is 0 Å². The Bertz CT molecular complexity index is 690. The van der Waals surface area contributed by atoms with E-state index in [-0.39, 0.29) is 6.42 Å². The van der Waals surface area contributed by atoms with Gasteiger partial charge in [-0.15, -0.1) is 16.4 Å². The third-order valence-corrected chi connectivity index (χ3v) is 3.54. The number of nitrogens with zero attached hydrogens (tertiary/aromatic N) is 4. The molecule has 0 aliphatic heterocycles. The predicted molar refractivity (Wildman–Crippen MR) is 70.2 cm³/mol. The Hall–Kier alpha value is -2.48. The first-order chi connectivity index (χ1) is 9.74. The molecular weight excluding hydrogens is 280 g/mol. The Kier molecular flexibility index (Phi) is 3.30. The summed E-state index contributed by atoms with van der Waals surface area (Å²) in [4.78, 5) is 15.5. The lowest BCUT2D eigenvalue weighted by molar-refractivity contribution is -0.141. The summed E-state index contributed by atoms with van der Waals surface area (Å²) in [7, 11) is 0. The van der Waals surface area contributed by atoms with Crippen LogP contribution in [0.4, 0.5) is 0 Å². The van der Waals surface area contributed by atoms with E-state index in [1.807, 2.05) is 5.38 Å². The SMILES string of the molecule is O=C(O)[C@H](Cc1ccco1)n1cc(-c2nccs2)nn1. The molecule has 0 bridgehead atoms. The number of aromatic nitrogens is 4. The first-order valence-corrected chi connectivity index (χ1v) is 6.69. The molecule has 3 aromatic heterocycles. The van der Waals surface area contributed by atoms with Gasteiger partial charge in [0.25, 0.3) is 0 Å². The lowest BCUT2D eigenvalue weighted by atomic mass is 10.2. The highest BCUT2D eigenvalue weighted by molar-refractivity contribution is 7.13. The summed E-state index contributed by atoms with van der Waals surface area (Å²) in [6.45, 7) is 0. The average molecular weight is 290 g/mol. The van der Waals surface area contributed by atoms with Gasteiger partial charge in [0.15, 0.2) is 6.04 Å². The summed E-state index contributed by atoms with van der Waals surface area (Å²) in [6.07, 6.45) is 4.97. The van der Waals surface area contributed by atoms with Crippen molar-refractivity contribution in [3.05, 3.63) is 41.9 Å². The van der Waals surface area contributed by atoms with Gasteiger partial charge in [-0.3, -0.25) is 0 Å². The topological polar surface area (TPSA) is 94.0 Å². The molecule has 102 valence electrons. The molecule has 20 heavy (non-hydrogen) atoms. The van der Waals surface area contributed by atoms with Crippen molar-refractivity contribution in [2.45, 2.75) is 12.5 Å². The minimum atomic E-state index is -0.989. The van der Waals surface area contributed by atoms with Crippen LogP contribution in [0.2, 0.25) is 0 Å². The number of aliphatic carboxylic acids is 1. The maximum atomic E-state index is 11.4. The molecule has 0 amide bonds. The zero-order chi connectivity index (χ0) is 13.9. The van der Waals surface area contributed by atoms with Crippen molar-refractivity contribution in [3.63, 3.8) is 0 Å². The van der Waals surface area contributed by atoms with Gasteiger partial charge in [0, 0.05) is 18.0 Å². The molecule has 7 nitrogen and oxygen atoms in total. The number of carbonyl (C=O) groups is 1. The van der Waals surface area contributed by atoms with Gasteiger partial charge < -0.3 is 9.52 Å². The van der Waals surface area contributed by atoms with Crippen LogP contribution in [0.5, 0.6) is 0 Å². The maximum absolute atomic E-state index is 11.4. The van der Waals surface area contributed by atoms with Crippen molar-refractivity contribution in [2.75, 3.05) is 0 Å². The van der Waals surface area contributed by atoms with E-state index in [4.69, 9.17) is 4.42 Å². The summed E-state index contributed by atoms with van der Waals surface area (Å²) >= 11 is 1.42. The average Bonchev–Trinajstić information content (AvgIpc) is 3.16. The van der Waals surface area contributed by atoms with Crippen LogP contribution >= 0.6 is 11.3 Å². The van der Waals surface area contributed by atoms with Crippen molar-refractivity contribution in [2.24, 2.45) is 0 Å². The number of carboxylic acid groups (broad SMARTS) is 1. The highest BCUT2D eigenvalue weighted by atomic mass is 32.1. The van der Waals surface area contributed by atoms with Gasteiger partial charge in [0.2, 0.25) is 0 Å². The molecular formula is C12H10N4O3S. The highest BCUT2D eigenvalue weighted by Gasteiger charge is 2.23. The molecule has 3 rings (SSSR count). The van der Waals surface area contributed by atoms with Crippen molar-refractivity contribution in [1.82, 2.24) is 20.0 Å². The fourth-order valence-electron chi connectivity index (χ4n) is 1.79. The van der Waals surface area contributed by atoms with E-state index in [1.54, 1.807) is 24.5 Å². The lowest BCUT2D eigenvalue weighted by Gasteiger charge is -2.09. The quantitative estimate of drug-likeness (QED) is 0.770. The third kappa shape index (κ3) is 2.45. The molecule has 0 aromatic carbocycles. The van der Waals surface area contributed by atoms with E-state index in [2.05, 4.69) is 15.3 Å². The standard InChI is InChI=1S/C12H10N4O3S/c17-12(18)10(6-8-2-1-4-19-8)16-7-9(14-15-16)11-13-3-5-20-11/h1-5,7,10H,6H2,(H,17,18)/t10-/m0/s1. The molecule has 3 aromatic rings. The van der Waals surface area contributed by atoms with Crippen molar-refractivity contribution in [3.8, 4) is 10.7 Å². The van der Waals surface area contributed by atoms with Gasteiger partial charge in [-0.05, 0) is 12.1 Å². The number of thiazole rings is 1. The van der Waals surface area contributed by atoms with E-state index < -0.39 is 12.0 Å². The van der Waals surface area contributed by atoms with E-state index in [9.17, 15) is 9.90 Å². The molecule has 1 atom stereocenters. The first-order valence-electron chi connectivity index (χ1n) is 5.81. The van der Waals surface area contributed by atoms with Crippen LogP contribution in [-0.4, -0.2) is 31.1 Å². The van der Waals surface area contributed by atoms with Gasteiger partial charge in [0.05, 0.1) is 12.5 Å². The van der Waals surface area contributed by atoms with Crippen molar-refractivity contribution >= 4 is 17.3 Å². The normalized spacial score (nSPS) is 12.4.